The van der Waals surface area contributed by atoms with Gasteiger partial charge in [0, 0.05) is 0 Å². The topological polar surface area (TPSA) is 49.4 Å². The number of nitrogens with one attached hydrogen (secondary N) is 1. The quantitative estimate of drug-likeness (QED) is 0.654. The minimum Gasteiger partial charge on any atom is -0.267 e. The predicted molar refractivity (Wildman–Crippen MR) is 74.5 cm³/mol. The van der Waals surface area contributed by atoms with Gasteiger partial charge in [-0.2, -0.15) is 0 Å². The molecule has 1 aromatic carbocycles. The number of nitrogens with zero attached hydrogens (tertiary/aromatic N) is 1. The van der Waals surface area contributed by atoms with Gasteiger partial charge in [0.1, 0.15) is 5.57 Å². The largest absolute Gasteiger partial charge is 0.282 e. The Morgan fingerprint density at radius 3 is 2.47 bits per heavy atom. The van der Waals surface area contributed by atoms with Gasteiger partial charge in [0.05, 0.1) is 5.69 Å². The first-order valence-corrected chi connectivity index (χ1v) is 6.38. The van der Waals surface area contributed by atoms with E-state index in [2.05, 4.69) is 5.43 Å². The number of hydrogen-bond donors (Lipinski definition) is 1. The average Bonchev–Trinajstić information content (AvgIpc) is 2.67. The Kier molecular flexibility index (Phi) is 3.42. The van der Waals surface area contributed by atoms with Crippen LogP contribution < -0.4 is 10.4 Å². The first-order chi connectivity index (χ1) is 8.95. The number of aryl methyl sites for hydroxylation is 2. The highest BCUT2D eigenvalue weighted by atomic mass is 16.2. The fourth-order valence-corrected chi connectivity index (χ4v) is 2.02. The van der Waals surface area contributed by atoms with Crippen LogP contribution in [0.2, 0.25) is 0 Å². The van der Waals surface area contributed by atoms with Gasteiger partial charge in [-0.25, -0.2) is 5.01 Å². The molecule has 0 atom stereocenters. The molecule has 1 heterocycles. The molecule has 19 heavy (non-hydrogen) atoms. The van der Waals surface area contributed by atoms with Crippen LogP contribution in [0.4, 0.5) is 5.69 Å². The Hall–Kier alpha value is -2.10. The minimum absolute atomic E-state index is 0.265. The van der Waals surface area contributed by atoms with Gasteiger partial charge in [-0.05, 0) is 50.5 Å². The lowest BCUT2D eigenvalue weighted by atomic mass is 10.1. The van der Waals surface area contributed by atoms with E-state index in [0.717, 1.165) is 16.7 Å². The monoisotopic (exact) mass is 258 g/mol. The summed E-state index contributed by atoms with van der Waals surface area (Å²) in [4.78, 5) is 24.2. The summed E-state index contributed by atoms with van der Waals surface area (Å²) >= 11 is 0. The van der Waals surface area contributed by atoms with Crippen molar-refractivity contribution in [1.82, 2.24) is 5.43 Å². The van der Waals surface area contributed by atoms with Gasteiger partial charge in [0.2, 0.25) is 0 Å². The van der Waals surface area contributed by atoms with Crippen LogP contribution in [0.15, 0.2) is 29.3 Å². The molecule has 1 aliphatic heterocycles. The molecule has 1 N–H and O–H groups in total. The molecule has 2 rings (SSSR count). The minimum atomic E-state index is -0.317. The molecule has 4 nitrogen and oxygen atoms in total. The fourth-order valence-electron chi connectivity index (χ4n) is 2.02. The molecule has 1 saturated heterocycles. The van der Waals surface area contributed by atoms with Crippen molar-refractivity contribution in [2.45, 2.75) is 34.1 Å². The Bertz CT molecular complexity index is 588. The van der Waals surface area contributed by atoms with Gasteiger partial charge in [-0.3, -0.25) is 15.0 Å². The van der Waals surface area contributed by atoms with E-state index in [4.69, 9.17) is 0 Å². The SMILES string of the molecule is CC/C(C)=C1/C(=O)NN(c2ccc(C)c(C)c2)C1=O. The zero-order valence-electron chi connectivity index (χ0n) is 11.7. The van der Waals surface area contributed by atoms with E-state index in [1.165, 1.54) is 5.01 Å². The van der Waals surface area contributed by atoms with Crippen LogP contribution in [0.25, 0.3) is 0 Å². The fraction of sp³-hybridized carbons (Fsp3) is 0.333. The second-order valence-electron chi connectivity index (χ2n) is 4.86. The number of carbonyl (C=O) groups is 2. The standard InChI is InChI=1S/C15H18N2O2/c1-5-9(2)13-14(18)16-17(15(13)19)12-7-6-10(3)11(4)8-12/h6-8H,5H2,1-4H3,(H,16,18)/b13-9-. The highest BCUT2D eigenvalue weighted by Crippen LogP contribution is 2.24. The van der Waals surface area contributed by atoms with E-state index < -0.39 is 0 Å². The first kappa shape index (κ1) is 13.3. The van der Waals surface area contributed by atoms with Gasteiger partial charge < -0.3 is 0 Å². The summed E-state index contributed by atoms with van der Waals surface area (Å²) in [5.41, 5.74) is 6.63. The second-order valence-corrected chi connectivity index (χ2v) is 4.86. The average molecular weight is 258 g/mol. The van der Waals surface area contributed by atoms with Gasteiger partial charge in [-0.15, -0.1) is 0 Å². The van der Waals surface area contributed by atoms with Gasteiger partial charge in [-0.1, -0.05) is 18.6 Å². The number of amides is 2. The highest BCUT2D eigenvalue weighted by Gasteiger charge is 2.35. The van der Waals surface area contributed by atoms with Crippen LogP contribution in [0.5, 0.6) is 0 Å². The van der Waals surface area contributed by atoms with Crippen molar-refractivity contribution in [3.63, 3.8) is 0 Å². The van der Waals surface area contributed by atoms with E-state index in [-0.39, 0.29) is 17.4 Å². The summed E-state index contributed by atoms with van der Waals surface area (Å²) in [5, 5.41) is 1.32. The van der Waals surface area contributed by atoms with Crippen LogP contribution in [0, 0.1) is 13.8 Å². The van der Waals surface area contributed by atoms with Gasteiger partial charge in [0.25, 0.3) is 11.8 Å². The maximum Gasteiger partial charge on any atom is 0.282 e. The molecule has 0 aliphatic carbocycles. The summed E-state index contributed by atoms with van der Waals surface area (Å²) < 4.78 is 0. The van der Waals surface area contributed by atoms with Crippen LogP contribution in [-0.4, -0.2) is 11.8 Å². The van der Waals surface area contributed by atoms with E-state index in [0.29, 0.717) is 12.1 Å². The van der Waals surface area contributed by atoms with Crippen LogP contribution in [0.3, 0.4) is 0 Å². The third-order valence-electron chi connectivity index (χ3n) is 3.56. The van der Waals surface area contributed by atoms with Crippen molar-refractivity contribution >= 4 is 17.5 Å². The summed E-state index contributed by atoms with van der Waals surface area (Å²) in [6.45, 7) is 7.74. The molecule has 4 heteroatoms. The number of anilines is 1. The molecular weight excluding hydrogens is 240 g/mol. The molecule has 1 fully saturated rings. The van der Waals surface area contributed by atoms with Gasteiger partial charge >= 0.3 is 0 Å². The van der Waals surface area contributed by atoms with Crippen molar-refractivity contribution in [3.05, 3.63) is 40.5 Å². The Balaban J connectivity index is 2.41. The molecule has 1 aromatic rings. The maximum absolute atomic E-state index is 12.3. The summed E-state index contributed by atoms with van der Waals surface area (Å²) in [5.74, 6) is -0.588. The predicted octanol–water partition coefficient (Wildman–Crippen LogP) is 2.41. The molecule has 0 unspecified atom stereocenters. The lowest BCUT2D eigenvalue weighted by Gasteiger charge is -2.16. The molecule has 0 radical (unpaired) electrons. The number of hydrazine groups is 1. The molecule has 2 amide bonds. The Labute approximate surface area is 113 Å². The number of benzene rings is 1. The van der Waals surface area contributed by atoms with E-state index in [9.17, 15) is 9.59 Å². The first-order valence-electron chi connectivity index (χ1n) is 6.38. The summed E-state index contributed by atoms with van der Waals surface area (Å²) in [7, 11) is 0. The Morgan fingerprint density at radius 1 is 1.21 bits per heavy atom. The molecule has 1 aliphatic rings. The van der Waals surface area contributed by atoms with Crippen molar-refractivity contribution in [2.24, 2.45) is 0 Å². The molecule has 100 valence electrons. The second kappa shape index (κ2) is 4.88. The zero-order chi connectivity index (χ0) is 14.2. The van der Waals surface area contributed by atoms with Crippen molar-refractivity contribution in [2.75, 3.05) is 5.01 Å². The van der Waals surface area contributed by atoms with E-state index in [1.807, 2.05) is 45.9 Å². The number of hydrogen-bond acceptors (Lipinski definition) is 2. The lowest BCUT2D eigenvalue weighted by Crippen LogP contribution is -2.35. The van der Waals surface area contributed by atoms with Crippen LogP contribution >= 0.6 is 0 Å². The molecular formula is C15H18N2O2. The van der Waals surface area contributed by atoms with Crippen LogP contribution in [0.1, 0.15) is 31.4 Å². The number of carbonyl (C=O) groups excluding carboxylic acids is 2. The van der Waals surface area contributed by atoms with E-state index in [1.54, 1.807) is 0 Å². The third-order valence-corrected chi connectivity index (χ3v) is 3.56. The third kappa shape index (κ3) is 2.26. The normalized spacial score (nSPS) is 17.8. The smallest absolute Gasteiger partial charge is 0.267 e. The summed E-state index contributed by atoms with van der Waals surface area (Å²) in [6.07, 6.45) is 0.690. The summed E-state index contributed by atoms with van der Waals surface area (Å²) in [6, 6.07) is 5.68. The van der Waals surface area contributed by atoms with Gasteiger partial charge in [0.15, 0.2) is 0 Å². The number of allylic oxidation sites excluding steroid dienone is 1. The Morgan fingerprint density at radius 2 is 1.89 bits per heavy atom. The molecule has 0 aromatic heterocycles. The molecule has 0 bridgehead atoms. The highest BCUT2D eigenvalue weighted by molar-refractivity contribution is 6.29. The van der Waals surface area contributed by atoms with Crippen molar-refractivity contribution < 1.29 is 9.59 Å². The molecule has 0 spiro atoms. The zero-order valence-corrected chi connectivity index (χ0v) is 11.7. The van der Waals surface area contributed by atoms with Crippen LogP contribution in [-0.2, 0) is 9.59 Å². The van der Waals surface area contributed by atoms with Crippen molar-refractivity contribution in [3.8, 4) is 0 Å². The van der Waals surface area contributed by atoms with E-state index >= 15 is 0 Å². The van der Waals surface area contributed by atoms with Crippen molar-refractivity contribution in [1.29, 1.82) is 0 Å². The lowest BCUT2D eigenvalue weighted by molar-refractivity contribution is -0.117. The number of rotatable bonds is 2. The molecule has 0 saturated carbocycles. The maximum atomic E-state index is 12.3.